The molecule has 128 valence electrons. The van der Waals surface area contributed by atoms with Crippen molar-refractivity contribution in [2.75, 3.05) is 0 Å². The van der Waals surface area contributed by atoms with Gasteiger partial charge in [-0.25, -0.2) is 0 Å². The summed E-state index contributed by atoms with van der Waals surface area (Å²) in [6.07, 6.45) is 15.1. The highest BCUT2D eigenvalue weighted by Gasteiger charge is 2.59. The van der Waals surface area contributed by atoms with Crippen molar-refractivity contribution >= 4 is 5.78 Å². The Bertz CT molecular complexity index is 508. The normalized spacial score (nSPS) is 52.4. The SMILES string of the molecule is C=CC[C@]12CC[C@@H]3C(CC[C@]4(C)C(=O)CCC34)[C@H]1CC[C@H](C)C2. The first-order valence-corrected chi connectivity index (χ1v) is 10.1. The first kappa shape index (κ1) is 15.9. The van der Waals surface area contributed by atoms with Gasteiger partial charge in [-0.3, -0.25) is 4.79 Å². The Hall–Kier alpha value is -0.590. The Morgan fingerprint density at radius 2 is 1.83 bits per heavy atom. The summed E-state index contributed by atoms with van der Waals surface area (Å²) < 4.78 is 0. The first-order chi connectivity index (χ1) is 11.0. The minimum absolute atomic E-state index is 0.0432. The maximum absolute atomic E-state index is 12.5. The number of fused-ring (bicyclic) bond motifs is 5. The van der Waals surface area contributed by atoms with Crippen molar-refractivity contribution in [1.29, 1.82) is 0 Å². The molecule has 0 saturated heterocycles. The van der Waals surface area contributed by atoms with Crippen LogP contribution in [0.1, 0.15) is 78.1 Å². The van der Waals surface area contributed by atoms with E-state index in [-0.39, 0.29) is 5.41 Å². The number of carbonyl (C=O) groups is 1. The van der Waals surface area contributed by atoms with Gasteiger partial charge in [-0.05, 0) is 86.4 Å². The van der Waals surface area contributed by atoms with Crippen molar-refractivity contribution in [1.82, 2.24) is 0 Å². The molecule has 0 radical (unpaired) electrons. The molecule has 4 aliphatic rings. The van der Waals surface area contributed by atoms with Crippen LogP contribution in [0.4, 0.5) is 0 Å². The summed E-state index contributed by atoms with van der Waals surface area (Å²) in [5.41, 5.74) is 0.596. The van der Waals surface area contributed by atoms with Crippen molar-refractivity contribution in [3.63, 3.8) is 0 Å². The Kier molecular flexibility index (Phi) is 3.78. The molecule has 4 rings (SSSR count). The second-order valence-corrected chi connectivity index (χ2v) is 9.74. The zero-order chi connectivity index (χ0) is 16.2. The van der Waals surface area contributed by atoms with Gasteiger partial charge in [0.15, 0.2) is 0 Å². The number of hydrogen-bond acceptors (Lipinski definition) is 1. The van der Waals surface area contributed by atoms with E-state index in [1.54, 1.807) is 0 Å². The van der Waals surface area contributed by atoms with Crippen LogP contribution in [0.2, 0.25) is 0 Å². The van der Waals surface area contributed by atoms with Crippen molar-refractivity contribution < 1.29 is 4.79 Å². The molecule has 4 saturated carbocycles. The maximum Gasteiger partial charge on any atom is 0.139 e. The van der Waals surface area contributed by atoms with E-state index in [0.717, 1.165) is 30.1 Å². The minimum Gasteiger partial charge on any atom is -0.299 e. The number of allylic oxidation sites excluding steroid dienone is 1. The van der Waals surface area contributed by atoms with Gasteiger partial charge in [-0.15, -0.1) is 6.58 Å². The van der Waals surface area contributed by atoms with Crippen LogP contribution in [-0.4, -0.2) is 5.78 Å². The summed E-state index contributed by atoms with van der Waals surface area (Å²) in [7, 11) is 0. The third kappa shape index (κ3) is 2.21. The molecule has 23 heavy (non-hydrogen) atoms. The van der Waals surface area contributed by atoms with Crippen LogP contribution in [0.5, 0.6) is 0 Å². The Morgan fingerprint density at radius 3 is 2.61 bits per heavy atom. The number of carbonyl (C=O) groups excluding carboxylic acids is 1. The summed E-state index contributed by atoms with van der Waals surface area (Å²) >= 11 is 0. The van der Waals surface area contributed by atoms with E-state index in [0.29, 0.717) is 17.1 Å². The lowest BCUT2D eigenvalue weighted by Crippen LogP contribution is -2.52. The lowest BCUT2D eigenvalue weighted by molar-refractivity contribution is -0.137. The fraction of sp³-hybridized carbons (Fsp3) is 0.864. The number of Topliss-reactive ketones (excluding diaryl/α,β-unsaturated/α-hetero) is 1. The molecule has 1 nitrogen and oxygen atoms in total. The van der Waals surface area contributed by atoms with E-state index in [9.17, 15) is 4.79 Å². The summed E-state index contributed by atoms with van der Waals surface area (Å²) in [6, 6.07) is 0. The van der Waals surface area contributed by atoms with Crippen molar-refractivity contribution in [2.24, 2.45) is 40.4 Å². The molecule has 0 aliphatic heterocycles. The molecule has 0 amide bonds. The molecule has 7 atom stereocenters. The largest absolute Gasteiger partial charge is 0.299 e. The third-order valence-corrected chi connectivity index (χ3v) is 8.76. The van der Waals surface area contributed by atoms with Gasteiger partial charge in [-0.1, -0.05) is 26.3 Å². The van der Waals surface area contributed by atoms with Gasteiger partial charge in [0.2, 0.25) is 0 Å². The highest BCUT2D eigenvalue weighted by molar-refractivity contribution is 5.87. The maximum atomic E-state index is 12.5. The van der Waals surface area contributed by atoms with E-state index in [1.165, 1.54) is 57.8 Å². The van der Waals surface area contributed by atoms with E-state index in [2.05, 4.69) is 26.5 Å². The summed E-state index contributed by atoms with van der Waals surface area (Å²) in [5.74, 6) is 4.84. The molecular formula is C22H34O. The second-order valence-electron chi connectivity index (χ2n) is 9.74. The van der Waals surface area contributed by atoms with Crippen LogP contribution in [0, 0.1) is 40.4 Å². The summed E-state index contributed by atoms with van der Waals surface area (Å²) in [4.78, 5) is 12.5. The fourth-order valence-electron chi connectivity index (χ4n) is 7.75. The smallest absolute Gasteiger partial charge is 0.139 e. The second kappa shape index (κ2) is 5.46. The lowest BCUT2D eigenvalue weighted by atomic mass is 9.45. The molecule has 1 heteroatoms. The molecule has 0 spiro atoms. The molecule has 0 bridgehead atoms. The van der Waals surface area contributed by atoms with Crippen molar-refractivity contribution in [3.8, 4) is 0 Å². The molecular weight excluding hydrogens is 280 g/mol. The van der Waals surface area contributed by atoms with Crippen molar-refractivity contribution in [2.45, 2.75) is 78.1 Å². The first-order valence-electron chi connectivity index (χ1n) is 10.1. The molecule has 4 aliphatic carbocycles. The van der Waals surface area contributed by atoms with Crippen LogP contribution in [-0.2, 0) is 4.79 Å². The lowest BCUT2D eigenvalue weighted by Gasteiger charge is -2.60. The summed E-state index contributed by atoms with van der Waals surface area (Å²) in [5, 5.41) is 0. The van der Waals surface area contributed by atoms with Gasteiger partial charge in [0.05, 0.1) is 0 Å². The van der Waals surface area contributed by atoms with E-state index < -0.39 is 0 Å². The summed E-state index contributed by atoms with van der Waals surface area (Å²) in [6.45, 7) is 8.86. The third-order valence-electron chi connectivity index (χ3n) is 8.76. The molecule has 0 heterocycles. The highest BCUT2D eigenvalue weighted by Crippen LogP contribution is 2.65. The molecule has 0 aromatic rings. The highest BCUT2D eigenvalue weighted by atomic mass is 16.1. The van der Waals surface area contributed by atoms with E-state index >= 15 is 0 Å². The molecule has 2 unspecified atom stereocenters. The average Bonchev–Trinajstić information content (AvgIpc) is 2.82. The van der Waals surface area contributed by atoms with Crippen LogP contribution in [0.15, 0.2) is 12.7 Å². The molecule has 4 fully saturated rings. The molecule has 0 aromatic heterocycles. The molecule has 0 aromatic carbocycles. The van der Waals surface area contributed by atoms with Gasteiger partial charge in [-0.2, -0.15) is 0 Å². The number of rotatable bonds is 2. The minimum atomic E-state index is 0.0432. The monoisotopic (exact) mass is 314 g/mol. The standard InChI is InChI=1S/C22H34O/c1-4-11-22-13-10-16-17(19(22)6-5-15(2)14-22)9-12-21(3)18(16)7-8-20(21)23/h4,15-19H,1,5-14H2,2-3H3/t15-,16+,17?,18?,19+,21-,22+/m0/s1. The van der Waals surface area contributed by atoms with Crippen LogP contribution < -0.4 is 0 Å². The Labute approximate surface area is 142 Å². The van der Waals surface area contributed by atoms with Gasteiger partial charge in [0.25, 0.3) is 0 Å². The topological polar surface area (TPSA) is 17.1 Å². The van der Waals surface area contributed by atoms with Gasteiger partial charge in [0, 0.05) is 11.8 Å². The number of ketones is 1. The van der Waals surface area contributed by atoms with Gasteiger partial charge in [0.1, 0.15) is 5.78 Å². The van der Waals surface area contributed by atoms with Crippen LogP contribution in [0.3, 0.4) is 0 Å². The zero-order valence-electron chi connectivity index (χ0n) is 15.2. The van der Waals surface area contributed by atoms with Crippen LogP contribution in [0.25, 0.3) is 0 Å². The zero-order valence-corrected chi connectivity index (χ0v) is 15.2. The Balaban J connectivity index is 1.63. The van der Waals surface area contributed by atoms with E-state index in [4.69, 9.17) is 0 Å². The molecule has 0 N–H and O–H groups in total. The predicted molar refractivity (Wildman–Crippen MR) is 95.0 cm³/mol. The van der Waals surface area contributed by atoms with Gasteiger partial charge >= 0.3 is 0 Å². The quantitative estimate of drug-likeness (QED) is 0.589. The number of hydrogen-bond donors (Lipinski definition) is 0. The van der Waals surface area contributed by atoms with Crippen molar-refractivity contribution in [3.05, 3.63) is 12.7 Å². The Morgan fingerprint density at radius 1 is 1.09 bits per heavy atom. The fourth-order valence-corrected chi connectivity index (χ4v) is 7.75. The van der Waals surface area contributed by atoms with Crippen LogP contribution >= 0.6 is 0 Å². The predicted octanol–water partition coefficient (Wildman–Crippen LogP) is 5.79. The van der Waals surface area contributed by atoms with E-state index in [1.807, 2.05) is 0 Å². The average molecular weight is 315 g/mol. The van der Waals surface area contributed by atoms with Gasteiger partial charge < -0.3 is 0 Å².